The molecule has 2 rings (SSSR count). The van der Waals surface area contributed by atoms with Crippen molar-refractivity contribution >= 4 is 27.6 Å². The van der Waals surface area contributed by atoms with E-state index in [1.54, 1.807) is 12.1 Å². The van der Waals surface area contributed by atoms with Gasteiger partial charge in [-0.05, 0) is 29.5 Å². The van der Waals surface area contributed by atoms with Gasteiger partial charge in [-0.3, -0.25) is 9.59 Å². The lowest BCUT2D eigenvalue weighted by molar-refractivity contribution is -0.121. The van der Waals surface area contributed by atoms with E-state index in [4.69, 9.17) is 0 Å². The van der Waals surface area contributed by atoms with Crippen molar-refractivity contribution in [3.8, 4) is 0 Å². The van der Waals surface area contributed by atoms with Gasteiger partial charge in [0.25, 0.3) is 0 Å². The van der Waals surface area contributed by atoms with E-state index in [0.29, 0.717) is 12.1 Å². The lowest BCUT2D eigenvalue weighted by Crippen LogP contribution is -2.35. The SMILES string of the molecule is CC(C)(CNC(=O)CCC(=O)c1ccccc1)Cc1ccc(Br)cc1. The molecule has 0 aliphatic carbocycles. The van der Waals surface area contributed by atoms with Crippen molar-refractivity contribution in [2.45, 2.75) is 33.1 Å². The van der Waals surface area contributed by atoms with Crippen molar-refractivity contribution in [2.24, 2.45) is 5.41 Å². The second kappa shape index (κ2) is 8.95. The molecule has 0 aliphatic rings. The number of benzene rings is 2. The molecular formula is C21H24BrNO2. The largest absolute Gasteiger partial charge is 0.356 e. The average molecular weight is 402 g/mol. The van der Waals surface area contributed by atoms with Gasteiger partial charge in [-0.25, -0.2) is 0 Å². The van der Waals surface area contributed by atoms with Crippen LogP contribution < -0.4 is 5.32 Å². The van der Waals surface area contributed by atoms with E-state index in [2.05, 4.69) is 47.2 Å². The summed E-state index contributed by atoms with van der Waals surface area (Å²) in [6, 6.07) is 17.3. The van der Waals surface area contributed by atoms with Crippen molar-refractivity contribution in [3.05, 3.63) is 70.2 Å². The molecule has 0 saturated heterocycles. The van der Waals surface area contributed by atoms with Crippen LogP contribution in [0.4, 0.5) is 0 Å². The smallest absolute Gasteiger partial charge is 0.220 e. The third-order valence-corrected chi connectivity index (χ3v) is 4.56. The molecule has 0 unspecified atom stereocenters. The Bertz CT molecular complexity index is 708. The third-order valence-electron chi connectivity index (χ3n) is 4.03. The zero-order valence-electron chi connectivity index (χ0n) is 14.7. The van der Waals surface area contributed by atoms with Crippen molar-refractivity contribution in [1.29, 1.82) is 0 Å². The Hall–Kier alpha value is -1.94. The molecule has 2 aromatic carbocycles. The molecule has 0 spiro atoms. The zero-order valence-corrected chi connectivity index (χ0v) is 16.3. The first kappa shape index (κ1) is 19.4. The molecule has 0 bridgehead atoms. The van der Waals surface area contributed by atoms with Gasteiger partial charge in [0.15, 0.2) is 5.78 Å². The molecule has 0 aromatic heterocycles. The molecule has 1 amide bonds. The quantitative estimate of drug-likeness (QED) is 0.645. The molecule has 25 heavy (non-hydrogen) atoms. The Morgan fingerprint density at radius 1 is 0.960 bits per heavy atom. The van der Waals surface area contributed by atoms with Crippen LogP contribution in [0.15, 0.2) is 59.1 Å². The molecule has 0 fully saturated rings. The zero-order chi connectivity index (χ0) is 18.3. The fourth-order valence-electron chi connectivity index (χ4n) is 2.64. The number of nitrogens with one attached hydrogen (secondary N) is 1. The highest BCUT2D eigenvalue weighted by Crippen LogP contribution is 2.22. The van der Waals surface area contributed by atoms with E-state index >= 15 is 0 Å². The molecule has 2 aromatic rings. The van der Waals surface area contributed by atoms with E-state index in [9.17, 15) is 9.59 Å². The van der Waals surface area contributed by atoms with Gasteiger partial charge < -0.3 is 5.32 Å². The van der Waals surface area contributed by atoms with E-state index in [1.165, 1.54) is 5.56 Å². The van der Waals surface area contributed by atoms with Crippen LogP contribution in [-0.2, 0) is 11.2 Å². The van der Waals surface area contributed by atoms with E-state index in [-0.39, 0.29) is 29.9 Å². The van der Waals surface area contributed by atoms with E-state index in [1.807, 2.05) is 30.3 Å². The number of rotatable bonds is 8. The van der Waals surface area contributed by atoms with Crippen LogP contribution in [0.1, 0.15) is 42.6 Å². The predicted molar refractivity (Wildman–Crippen MR) is 105 cm³/mol. The van der Waals surface area contributed by atoms with Gasteiger partial charge >= 0.3 is 0 Å². The van der Waals surface area contributed by atoms with Gasteiger partial charge in [0.05, 0.1) is 0 Å². The summed E-state index contributed by atoms with van der Waals surface area (Å²) in [7, 11) is 0. The number of carbonyl (C=O) groups excluding carboxylic acids is 2. The van der Waals surface area contributed by atoms with Gasteiger partial charge in [0.2, 0.25) is 5.91 Å². The summed E-state index contributed by atoms with van der Waals surface area (Å²) in [6.07, 6.45) is 1.34. The van der Waals surface area contributed by atoms with Gasteiger partial charge in [-0.2, -0.15) is 0 Å². The predicted octanol–water partition coefficient (Wildman–Crippen LogP) is 4.80. The minimum atomic E-state index is -0.0758. The Morgan fingerprint density at radius 2 is 1.60 bits per heavy atom. The fraction of sp³-hybridized carbons (Fsp3) is 0.333. The Labute approximate surface area is 158 Å². The first-order valence-electron chi connectivity index (χ1n) is 8.45. The van der Waals surface area contributed by atoms with Crippen LogP contribution in [0.2, 0.25) is 0 Å². The highest BCUT2D eigenvalue weighted by atomic mass is 79.9. The Kier molecular flexibility index (Phi) is 6.94. The number of ketones is 1. The Morgan fingerprint density at radius 3 is 2.24 bits per heavy atom. The summed E-state index contributed by atoms with van der Waals surface area (Å²) in [5.41, 5.74) is 1.85. The maximum atomic E-state index is 12.1. The summed E-state index contributed by atoms with van der Waals surface area (Å²) in [5.74, 6) is -0.0713. The second-order valence-corrected chi connectivity index (χ2v) is 7.95. The molecule has 1 N–H and O–H groups in total. The molecule has 0 radical (unpaired) electrons. The first-order valence-corrected chi connectivity index (χ1v) is 9.24. The van der Waals surface area contributed by atoms with E-state index in [0.717, 1.165) is 10.9 Å². The molecule has 4 heteroatoms. The molecule has 0 aliphatic heterocycles. The number of hydrogen-bond donors (Lipinski definition) is 1. The average Bonchev–Trinajstić information content (AvgIpc) is 2.60. The summed E-state index contributed by atoms with van der Waals surface area (Å²) in [5, 5.41) is 2.96. The van der Waals surface area contributed by atoms with Crippen molar-refractivity contribution < 1.29 is 9.59 Å². The molecule has 132 valence electrons. The number of carbonyl (C=O) groups is 2. The maximum Gasteiger partial charge on any atom is 0.220 e. The van der Waals surface area contributed by atoms with Gasteiger partial charge in [-0.1, -0.05) is 72.2 Å². The molecular weight excluding hydrogens is 378 g/mol. The first-order chi connectivity index (χ1) is 11.9. The topological polar surface area (TPSA) is 46.2 Å². The number of hydrogen-bond acceptors (Lipinski definition) is 2. The number of Topliss-reactive ketones (excluding diaryl/α,β-unsaturated/α-hetero) is 1. The van der Waals surface area contributed by atoms with Crippen LogP contribution in [0.5, 0.6) is 0 Å². The summed E-state index contributed by atoms with van der Waals surface area (Å²) < 4.78 is 1.06. The van der Waals surface area contributed by atoms with Crippen molar-refractivity contribution in [2.75, 3.05) is 6.54 Å². The number of amides is 1. The summed E-state index contributed by atoms with van der Waals surface area (Å²) in [6.45, 7) is 4.84. The van der Waals surface area contributed by atoms with E-state index < -0.39 is 0 Å². The summed E-state index contributed by atoms with van der Waals surface area (Å²) in [4.78, 5) is 24.1. The van der Waals surface area contributed by atoms with Gasteiger partial charge in [-0.15, -0.1) is 0 Å². The lowest BCUT2D eigenvalue weighted by atomic mass is 9.85. The minimum absolute atomic E-state index is 0.00451. The number of halogens is 1. The highest BCUT2D eigenvalue weighted by Gasteiger charge is 2.20. The van der Waals surface area contributed by atoms with Gasteiger partial charge in [0.1, 0.15) is 0 Å². The molecule has 0 heterocycles. The minimum Gasteiger partial charge on any atom is -0.356 e. The normalized spacial score (nSPS) is 11.2. The summed E-state index contributed by atoms with van der Waals surface area (Å²) >= 11 is 3.44. The van der Waals surface area contributed by atoms with Crippen LogP contribution in [0, 0.1) is 5.41 Å². The van der Waals surface area contributed by atoms with Crippen LogP contribution in [-0.4, -0.2) is 18.2 Å². The van der Waals surface area contributed by atoms with Crippen LogP contribution in [0.25, 0.3) is 0 Å². The van der Waals surface area contributed by atoms with Crippen molar-refractivity contribution in [3.63, 3.8) is 0 Å². The Balaban J connectivity index is 1.76. The highest BCUT2D eigenvalue weighted by molar-refractivity contribution is 9.10. The van der Waals surface area contributed by atoms with Crippen LogP contribution >= 0.6 is 15.9 Å². The third kappa shape index (κ3) is 6.83. The fourth-order valence-corrected chi connectivity index (χ4v) is 2.90. The van der Waals surface area contributed by atoms with Crippen molar-refractivity contribution in [1.82, 2.24) is 5.32 Å². The van der Waals surface area contributed by atoms with Gasteiger partial charge in [0, 0.05) is 29.4 Å². The molecule has 0 saturated carbocycles. The standard InChI is InChI=1S/C21H24BrNO2/c1-21(2,14-16-8-10-18(22)11-9-16)15-23-20(25)13-12-19(24)17-6-4-3-5-7-17/h3-11H,12-15H2,1-2H3,(H,23,25). The maximum absolute atomic E-state index is 12.1. The second-order valence-electron chi connectivity index (χ2n) is 7.03. The lowest BCUT2D eigenvalue weighted by Gasteiger charge is -2.25. The molecule has 0 atom stereocenters. The molecule has 3 nitrogen and oxygen atoms in total. The van der Waals surface area contributed by atoms with Crippen LogP contribution in [0.3, 0.4) is 0 Å². The monoisotopic (exact) mass is 401 g/mol.